The van der Waals surface area contributed by atoms with E-state index in [0.29, 0.717) is 30.2 Å². The van der Waals surface area contributed by atoms with Crippen LogP contribution in [0.25, 0.3) is 0 Å². The lowest BCUT2D eigenvalue weighted by atomic mass is 9.54. The molecule has 5 rings (SSSR count). The molecule has 1 heterocycles. The number of Topliss-reactive ketones (excluding diaryl/α,β-unsaturated/α-hetero) is 1. The number of nitrogens with one attached hydrogen (secondary N) is 1. The molecule has 3 aliphatic rings. The van der Waals surface area contributed by atoms with Crippen molar-refractivity contribution in [2.75, 3.05) is 5.32 Å². The van der Waals surface area contributed by atoms with Crippen molar-refractivity contribution >= 4 is 34.1 Å². The van der Waals surface area contributed by atoms with Crippen molar-refractivity contribution in [3.05, 3.63) is 45.7 Å². The summed E-state index contributed by atoms with van der Waals surface area (Å²) in [5, 5.41) is 12.6. The minimum Gasteiger partial charge on any atom is -0.481 e. The molecule has 2 aromatic rings. The van der Waals surface area contributed by atoms with Crippen LogP contribution in [0.5, 0.6) is 0 Å². The molecule has 35 heavy (non-hydrogen) atoms. The standard InChI is InChI=1S/C27H31FN2O4S/c1-14-13-29-26(35-14)30-23(32)6-4-16-10-22(31)27(2)8-7-18-19(25(16)27)5-3-15-9-17(11-24(33)34)21(28)12-20(15)18/h9,12-13,16,18-19,25H,3-8,10-11H2,1-2H3,(H,33,34)(H,29,30,32)/t16-,18?,19?,25?,27-/m1/s1. The second-order valence-electron chi connectivity index (χ2n) is 10.8. The van der Waals surface area contributed by atoms with Crippen LogP contribution in [0, 0.1) is 35.9 Å². The monoisotopic (exact) mass is 498 g/mol. The Morgan fingerprint density at radius 3 is 2.83 bits per heavy atom. The molecule has 3 aliphatic carbocycles. The molecule has 8 heteroatoms. The summed E-state index contributed by atoms with van der Waals surface area (Å²) in [7, 11) is 0. The molecule has 0 aliphatic heterocycles. The van der Waals surface area contributed by atoms with Crippen LogP contribution in [0.4, 0.5) is 9.52 Å². The molecule has 0 bridgehead atoms. The fourth-order valence-corrected chi connectivity index (χ4v) is 7.86. The number of carboxylic acid groups (broad SMARTS) is 1. The Balaban J connectivity index is 1.35. The summed E-state index contributed by atoms with van der Waals surface area (Å²) < 4.78 is 14.8. The molecule has 2 N–H and O–H groups in total. The molecule has 2 saturated carbocycles. The zero-order valence-corrected chi connectivity index (χ0v) is 20.9. The number of aromatic nitrogens is 1. The number of aryl methyl sites for hydroxylation is 2. The largest absolute Gasteiger partial charge is 0.481 e. The average Bonchev–Trinajstić information content (AvgIpc) is 3.32. The van der Waals surface area contributed by atoms with E-state index < -0.39 is 11.8 Å². The van der Waals surface area contributed by atoms with E-state index in [4.69, 9.17) is 5.11 Å². The van der Waals surface area contributed by atoms with E-state index in [0.717, 1.165) is 41.7 Å². The first-order valence-corrected chi connectivity index (χ1v) is 13.3. The summed E-state index contributed by atoms with van der Waals surface area (Å²) >= 11 is 1.45. The molecule has 0 spiro atoms. The minimum absolute atomic E-state index is 0.0743. The Labute approximate surface area is 208 Å². The van der Waals surface area contributed by atoms with Crippen molar-refractivity contribution in [2.24, 2.45) is 23.2 Å². The van der Waals surface area contributed by atoms with E-state index in [-0.39, 0.29) is 47.0 Å². The highest BCUT2D eigenvalue weighted by molar-refractivity contribution is 7.15. The molecule has 186 valence electrons. The Bertz CT molecular complexity index is 1190. The minimum atomic E-state index is -1.03. The van der Waals surface area contributed by atoms with Crippen molar-refractivity contribution in [3.8, 4) is 0 Å². The molecular formula is C27H31FN2O4S. The molecule has 0 saturated heterocycles. The van der Waals surface area contributed by atoms with Gasteiger partial charge in [0.1, 0.15) is 11.6 Å². The van der Waals surface area contributed by atoms with Gasteiger partial charge in [-0.15, -0.1) is 11.3 Å². The van der Waals surface area contributed by atoms with Crippen LogP contribution in [-0.2, 0) is 27.2 Å². The van der Waals surface area contributed by atoms with E-state index >= 15 is 0 Å². The number of fused-ring (bicyclic) bond motifs is 5. The summed E-state index contributed by atoms with van der Waals surface area (Å²) in [5.41, 5.74) is 1.90. The van der Waals surface area contributed by atoms with Gasteiger partial charge in [0.05, 0.1) is 6.42 Å². The maximum absolute atomic E-state index is 14.8. The van der Waals surface area contributed by atoms with Crippen LogP contribution in [0.1, 0.15) is 72.9 Å². The molecule has 5 atom stereocenters. The number of hydrogen-bond donors (Lipinski definition) is 2. The lowest BCUT2D eigenvalue weighted by Crippen LogP contribution is -2.44. The zero-order chi connectivity index (χ0) is 24.9. The van der Waals surface area contributed by atoms with Gasteiger partial charge in [-0.05, 0) is 85.5 Å². The van der Waals surface area contributed by atoms with E-state index in [1.54, 1.807) is 18.3 Å². The number of rotatable bonds is 6. The highest BCUT2D eigenvalue weighted by Gasteiger charge is 2.58. The Hall–Kier alpha value is -2.61. The third kappa shape index (κ3) is 4.41. The third-order valence-electron chi connectivity index (χ3n) is 8.69. The number of halogens is 1. The molecule has 6 nitrogen and oxygen atoms in total. The van der Waals surface area contributed by atoms with Gasteiger partial charge in [0, 0.05) is 29.3 Å². The van der Waals surface area contributed by atoms with Crippen molar-refractivity contribution < 1.29 is 23.9 Å². The van der Waals surface area contributed by atoms with Crippen molar-refractivity contribution in [3.63, 3.8) is 0 Å². The van der Waals surface area contributed by atoms with Gasteiger partial charge >= 0.3 is 5.97 Å². The fraction of sp³-hybridized carbons (Fsp3) is 0.556. The number of carbonyl (C=O) groups is 3. The first-order valence-electron chi connectivity index (χ1n) is 12.4. The molecule has 0 radical (unpaired) electrons. The number of carbonyl (C=O) groups excluding carboxylic acids is 2. The highest BCUT2D eigenvalue weighted by atomic mass is 32.1. The SMILES string of the molecule is Cc1cnc(NC(=O)CC[C@@H]2CC(=O)[C@@]3(C)CCC4c5cc(F)c(CC(=O)O)cc5CCC4C23)s1. The number of carboxylic acids is 1. The number of amides is 1. The number of ketones is 1. The Morgan fingerprint density at radius 2 is 2.11 bits per heavy atom. The third-order valence-corrected chi connectivity index (χ3v) is 9.52. The maximum Gasteiger partial charge on any atom is 0.307 e. The van der Waals surface area contributed by atoms with Crippen molar-refractivity contribution in [1.29, 1.82) is 0 Å². The predicted octanol–water partition coefficient (Wildman–Crippen LogP) is 5.29. The number of nitrogens with zero attached hydrogens (tertiary/aromatic N) is 1. The van der Waals surface area contributed by atoms with Gasteiger partial charge in [-0.2, -0.15) is 0 Å². The second-order valence-corrected chi connectivity index (χ2v) is 12.0. The van der Waals surface area contributed by atoms with Gasteiger partial charge in [0.25, 0.3) is 0 Å². The lowest BCUT2D eigenvalue weighted by molar-refractivity contribution is -0.136. The number of thiazole rings is 1. The van der Waals surface area contributed by atoms with Crippen LogP contribution in [0.3, 0.4) is 0 Å². The summed E-state index contributed by atoms with van der Waals surface area (Å²) in [4.78, 5) is 42.1. The van der Waals surface area contributed by atoms with Crippen LogP contribution in [0.15, 0.2) is 18.3 Å². The van der Waals surface area contributed by atoms with Crippen molar-refractivity contribution in [2.45, 2.75) is 71.1 Å². The summed E-state index contributed by atoms with van der Waals surface area (Å²) in [5.74, 6) is -0.496. The topological polar surface area (TPSA) is 96.4 Å². The van der Waals surface area contributed by atoms with Gasteiger partial charge < -0.3 is 10.4 Å². The van der Waals surface area contributed by atoms with Crippen molar-refractivity contribution in [1.82, 2.24) is 4.98 Å². The number of anilines is 1. The van der Waals surface area contributed by atoms with E-state index in [2.05, 4.69) is 17.2 Å². The van der Waals surface area contributed by atoms with E-state index in [9.17, 15) is 18.8 Å². The first kappa shape index (κ1) is 24.1. The van der Waals surface area contributed by atoms with Gasteiger partial charge in [-0.3, -0.25) is 14.4 Å². The second kappa shape index (κ2) is 9.12. The normalized spacial score (nSPS) is 29.3. The summed E-state index contributed by atoms with van der Waals surface area (Å²) in [6.07, 6.45) is 6.22. The number of hydrogen-bond acceptors (Lipinski definition) is 5. The summed E-state index contributed by atoms with van der Waals surface area (Å²) in [6, 6.07) is 3.30. The maximum atomic E-state index is 14.8. The Morgan fingerprint density at radius 1 is 1.31 bits per heavy atom. The zero-order valence-electron chi connectivity index (χ0n) is 20.1. The highest BCUT2D eigenvalue weighted by Crippen LogP contribution is 2.62. The quantitative estimate of drug-likeness (QED) is 0.564. The first-order chi connectivity index (χ1) is 16.7. The van der Waals surface area contributed by atoms with Crippen LogP contribution >= 0.6 is 11.3 Å². The predicted molar refractivity (Wildman–Crippen MR) is 131 cm³/mol. The van der Waals surface area contributed by atoms with Gasteiger partial charge in [0.2, 0.25) is 5.91 Å². The molecule has 1 amide bonds. The number of aliphatic carboxylic acids is 1. The van der Waals surface area contributed by atoms with E-state index in [1.165, 1.54) is 11.3 Å². The number of benzene rings is 1. The molecule has 1 aromatic heterocycles. The van der Waals surface area contributed by atoms with Gasteiger partial charge in [-0.1, -0.05) is 13.0 Å². The molecule has 3 unspecified atom stereocenters. The molecule has 1 aromatic carbocycles. The lowest BCUT2D eigenvalue weighted by Gasteiger charge is -2.50. The Kier molecular flexibility index (Phi) is 6.28. The van der Waals surface area contributed by atoms with Gasteiger partial charge in [0.15, 0.2) is 5.13 Å². The van der Waals surface area contributed by atoms with Gasteiger partial charge in [-0.25, -0.2) is 9.37 Å². The average molecular weight is 499 g/mol. The molecule has 2 fully saturated rings. The van der Waals surface area contributed by atoms with Crippen LogP contribution in [0.2, 0.25) is 0 Å². The van der Waals surface area contributed by atoms with Crippen LogP contribution in [-0.4, -0.2) is 27.8 Å². The fourth-order valence-electron chi connectivity index (χ4n) is 7.18. The van der Waals surface area contributed by atoms with Crippen LogP contribution < -0.4 is 5.32 Å². The summed E-state index contributed by atoms with van der Waals surface area (Å²) in [6.45, 7) is 4.04. The smallest absolute Gasteiger partial charge is 0.307 e. The van der Waals surface area contributed by atoms with E-state index in [1.807, 2.05) is 6.92 Å². The molecular weight excluding hydrogens is 467 g/mol.